The number of hydrogen-bond acceptors (Lipinski definition) is 1. The Kier molecular flexibility index (Phi) is 3.48. The Morgan fingerprint density at radius 3 is 2.11 bits per heavy atom. The van der Waals surface area contributed by atoms with Crippen molar-refractivity contribution in [1.29, 1.82) is 0 Å². The second kappa shape index (κ2) is 4.90. The van der Waals surface area contributed by atoms with Crippen LogP contribution in [0.5, 0.6) is 11.5 Å². The van der Waals surface area contributed by atoms with Crippen LogP contribution in [0.1, 0.15) is 5.56 Å². The smallest absolute Gasteiger partial charge is 0.416 e. The summed E-state index contributed by atoms with van der Waals surface area (Å²) in [5.74, 6) is 0.799. The summed E-state index contributed by atoms with van der Waals surface area (Å²) in [6.07, 6.45) is -4.34. The van der Waals surface area contributed by atoms with Crippen molar-refractivity contribution in [2.24, 2.45) is 0 Å². The third kappa shape index (κ3) is 3.17. The molecule has 0 heterocycles. The van der Waals surface area contributed by atoms with Gasteiger partial charge in [-0.05, 0) is 42.5 Å². The predicted octanol–water partition coefficient (Wildman–Crippen LogP) is 5.15. The molecule has 0 atom stereocenters. The van der Waals surface area contributed by atoms with Gasteiger partial charge in [0.1, 0.15) is 11.5 Å². The van der Waals surface area contributed by atoms with Gasteiger partial charge in [0.25, 0.3) is 0 Å². The van der Waals surface area contributed by atoms with Gasteiger partial charge in [0, 0.05) is 5.02 Å². The Balaban J connectivity index is 2.16. The van der Waals surface area contributed by atoms with Crippen molar-refractivity contribution in [3.63, 3.8) is 0 Å². The number of halogens is 4. The molecule has 94 valence electrons. The highest BCUT2D eigenvalue weighted by molar-refractivity contribution is 6.30. The lowest BCUT2D eigenvalue weighted by atomic mass is 10.2. The maximum atomic E-state index is 12.3. The van der Waals surface area contributed by atoms with Gasteiger partial charge in [-0.2, -0.15) is 13.2 Å². The Bertz CT molecular complexity index is 535. The van der Waals surface area contributed by atoms with E-state index in [9.17, 15) is 13.2 Å². The monoisotopic (exact) mass is 272 g/mol. The van der Waals surface area contributed by atoms with Gasteiger partial charge >= 0.3 is 6.18 Å². The first kappa shape index (κ1) is 12.8. The minimum atomic E-state index is -4.34. The second-order valence-electron chi connectivity index (χ2n) is 3.58. The molecule has 0 saturated heterocycles. The number of hydrogen-bond donors (Lipinski definition) is 0. The van der Waals surface area contributed by atoms with Gasteiger partial charge in [-0.3, -0.25) is 0 Å². The Hall–Kier alpha value is -1.68. The van der Waals surface area contributed by atoms with Crippen LogP contribution in [-0.4, -0.2) is 0 Å². The van der Waals surface area contributed by atoms with Crippen molar-refractivity contribution in [1.82, 2.24) is 0 Å². The number of ether oxygens (including phenoxy) is 1. The fourth-order valence-electron chi connectivity index (χ4n) is 1.38. The van der Waals surface area contributed by atoms with E-state index in [1.165, 1.54) is 12.1 Å². The molecule has 0 aliphatic heterocycles. The molecule has 0 radical (unpaired) electrons. The van der Waals surface area contributed by atoms with E-state index in [1.807, 2.05) is 0 Å². The normalized spacial score (nSPS) is 11.3. The van der Waals surface area contributed by atoms with Crippen LogP contribution in [0, 0.1) is 0 Å². The zero-order valence-electron chi connectivity index (χ0n) is 9.04. The lowest BCUT2D eigenvalue weighted by Gasteiger charge is -2.09. The Morgan fingerprint density at radius 1 is 0.889 bits per heavy atom. The van der Waals surface area contributed by atoms with Crippen LogP contribution in [0.2, 0.25) is 5.02 Å². The minimum Gasteiger partial charge on any atom is -0.457 e. The molecule has 18 heavy (non-hydrogen) atoms. The lowest BCUT2D eigenvalue weighted by molar-refractivity contribution is -0.137. The molecular formula is C13H8ClF3O. The van der Waals surface area contributed by atoms with Crippen molar-refractivity contribution in [2.75, 3.05) is 0 Å². The van der Waals surface area contributed by atoms with E-state index in [4.69, 9.17) is 16.3 Å². The topological polar surface area (TPSA) is 9.23 Å². The lowest BCUT2D eigenvalue weighted by Crippen LogP contribution is -2.03. The van der Waals surface area contributed by atoms with Crippen molar-refractivity contribution in [2.45, 2.75) is 6.18 Å². The van der Waals surface area contributed by atoms with Gasteiger partial charge in [0.15, 0.2) is 0 Å². The van der Waals surface area contributed by atoms with E-state index >= 15 is 0 Å². The molecule has 0 spiro atoms. The van der Waals surface area contributed by atoms with Crippen LogP contribution >= 0.6 is 11.6 Å². The molecule has 0 amide bonds. The SMILES string of the molecule is FC(F)(F)c1ccc(Oc2cccc(Cl)c2)cc1. The average molecular weight is 273 g/mol. The molecule has 5 heteroatoms. The minimum absolute atomic E-state index is 0.324. The predicted molar refractivity (Wildman–Crippen MR) is 63.0 cm³/mol. The largest absolute Gasteiger partial charge is 0.457 e. The standard InChI is InChI=1S/C13H8ClF3O/c14-10-2-1-3-12(8-10)18-11-6-4-9(5-7-11)13(15,16)17/h1-8H. The number of alkyl halides is 3. The van der Waals surface area contributed by atoms with Gasteiger partial charge in [0.05, 0.1) is 5.56 Å². The van der Waals surface area contributed by atoms with Crippen LogP contribution < -0.4 is 4.74 Å². The molecule has 0 unspecified atom stereocenters. The van der Waals surface area contributed by atoms with Crippen LogP contribution in [-0.2, 0) is 6.18 Å². The van der Waals surface area contributed by atoms with E-state index in [1.54, 1.807) is 24.3 Å². The fourth-order valence-corrected chi connectivity index (χ4v) is 1.56. The molecule has 1 nitrogen and oxygen atoms in total. The molecule has 0 fully saturated rings. The summed E-state index contributed by atoms with van der Waals surface area (Å²) >= 11 is 5.77. The van der Waals surface area contributed by atoms with Crippen molar-refractivity contribution < 1.29 is 17.9 Å². The first-order valence-corrected chi connectivity index (χ1v) is 5.43. The van der Waals surface area contributed by atoms with E-state index < -0.39 is 11.7 Å². The van der Waals surface area contributed by atoms with Crippen LogP contribution in [0.25, 0.3) is 0 Å². The summed E-state index contributed by atoms with van der Waals surface area (Å²) in [5.41, 5.74) is -0.707. The summed E-state index contributed by atoms with van der Waals surface area (Å²) in [6.45, 7) is 0. The number of benzene rings is 2. The van der Waals surface area contributed by atoms with E-state index in [2.05, 4.69) is 0 Å². The van der Waals surface area contributed by atoms with Gasteiger partial charge in [-0.15, -0.1) is 0 Å². The van der Waals surface area contributed by atoms with Crippen molar-refractivity contribution >= 4 is 11.6 Å². The summed E-state index contributed by atoms with van der Waals surface area (Å²) in [7, 11) is 0. The molecule has 0 aliphatic carbocycles. The van der Waals surface area contributed by atoms with Gasteiger partial charge < -0.3 is 4.74 Å². The maximum absolute atomic E-state index is 12.3. The molecule has 2 aromatic rings. The van der Waals surface area contributed by atoms with E-state index in [0.29, 0.717) is 16.5 Å². The van der Waals surface area contributed by atoms with Gasteiger partial charge in [-0.25, -0.2) is 0 Å². The molecule has 0 aromatic heterocycles. The highest BCUT2D eigenvalue weighted by Crippen LogP contribution is 2.31. The molecule has 0 saturated carbocycles. The Labute approximate surface area is 107 Å². The molecule has 2 rings (SSSR count). The van der Waals surface area contributed by atoms with E-state index in [-0.39, 0.29) is 0 Å². The highest BCUT2D eigenvalue weighted by atomic mass is 35.5. The Morgan fingerprint density at radius 2 is 1.56 bits per heavy atom. The molecule has 0 bridgehead atoms. The second-order valence-corrected chi connectivity index (χ2v) is 4.02. The van der Waals surface area contributed by atoms with Gasteiger partial charge in [-0.1, -0.05) is 17.7 Å². The van der Waals surface area contributed by atoms with Gasteiger partial charge in [0.2, 0.25) is 0 Å². The molecule has 2 aromatic carbocycles. The summed E-state index contributed by atoms with van der Waals surface area (Å²) < 4.78 is 42.4. The summed E-state index contributed by atoms with van der Waals surface area (Å²) in [6, 6.07) is 11.1. The molecular weight excluding hydrogens is 265 g/mol. The summed E-state index contributed by atoms with van der Waals surface area (Å²) in [4.78, 5) is 0. The van der Waals surface area contributed by atoms with Crippen molar-refractivity contribution in [3.8, 4) is 11.5 Å². The van der Waals surface area contributed by atoms with Crippen LogP contribution in [0.4, 0.5) is 13.2 Å². The quantitative estimate of drug-likeness (QED) is 0.734. The third-order valence-electron chi connectivity index (χ3n) is 2.21. The first-order chi connectivity index (χ1) is 8.45. The third-order valence-corrected chi connectivity index (χ3v) is 2.45. The van der Waals surface area contributed by atoms with Crippen LogP contribution in [0.15, 0.2) is 48.5 Å². The van der Waals surface area contributed by atoms with Crippen LogP contribution in [0.3, 0.4) is 0 Å². The van der Waals surface area contributed by atoms with E-state index in [0.717, 1.165) is 12.1 Å². The zero-order chi connectivity index (χ0) is 13.2. The first-order valence-electron chi connectivity index (χ1n) is 5.06. The molecule has 0 N–H and O–H groups in total. The fraction of sp³-hybridized carbons (Fsp3) is 0.0769. The summed E-state index contributed by atoms with van der Waals surface area (Å²) in [5, 5.41) is 0.499. The number of rotatable bonds is 2. The maximum Gasteiger partial charge on any atom is 0.416 e. The highest BCUT2D eigenvalue weighted by Gasteiger charge is 2.29. The average Bonchev–Trinajstić information content (AvgIpc) is 2.28. The van der Waals surface area contributed by atoms with Crippen molar-refractivity contribution in [3.05, 3.63) is 59.1 Å². The molecule has 0 aliphatic rings. The zero-order valence-corrected chi connectivity index (χ0v) is 9.79.